The maximum atomic E-state index is 13.5. The number of carbonyl (C=O) groups is 1. The van der Waals surface area contributed by atoms with Gasteiger partial charge >= 0.3 is 0 Å². The molecule has 0 radical (unpaired) electrons. The Morgan fingerprint density at radius 3 is 2.84 bits per heavy atom. The highest BCUT2D eigenvalue weighted by Gasteiger charge is 2.27. The van der Waals surface area contributed by atoms with E-state index in [1.165, 1.54) is 17.8 Å². The minimum Gasteiger partial charge on any atom is -0.494 e. The summed E-state index contributed by atoms with van der Waals surface area (Å²) >= 11 is 5.04. The van der Waals surface area contributed by atoms with Gasteiger partial charge in [0, 0.05) is 16.6 Å². The molecule has 2 aromatic carbocycles. The van der Waals surface area contributed by atoms with Gasteiger partial charge in [-0.15, -0.1) is 0 Å². The second-order valence-electron chi connectivity index (χ2n) is 7.74. The molecule has 0 saturated carbocycles. The molecule has 1 unspecified atom stereocenters. The molecule has 0 N–H and O–H groups in total. The van der Waals surface area contributed by atoms with E-state index in [0.29, 0.717) is 23.8 Å². The van der Waals surface area contributed by atoms with Crippen molar-refractivity contribution >= 4 is 48.5 Å². The first-order valence-corrected chi connectivity index (χ1v) is 12.5. The molecule has 1 saturated heterocycles. The second kappa shape index (κ2) is 10.6. The number of benzene rings is 2. The normalized spacial score (nSPS) is 16.0. The maximum absolute atomic E-state index is 13.5. The third-order valence-electron chi connectivity index (χ3n) is 5.34. The third kappa shape index (κ3) is 5.64. The summed E-state index contributed by atoms with van der Waals surface area (Å²) in [6.45, 7) is 4.14. The zero-order valence-corrected chi connectivity index (χ0v) is 20.1. The van der Waals surface area contributed by atoms with Crippen molar-refractivity contribution in [2.45, 2.75) is 45.1 Å². The number of aromatic nitrogens is 1. The molecule has 0 aliphatic carbocycles. The molecular formula is C24H27BrN2O3S. The average Bonchev–Trinajstić information content (AvgIpc) is 3.44. The number of hydrogen-bond acceptors (Lipinski definition) is 5. The van der Waals surface area contributed by atoms with Crippen molar-refractivity contribution in [3.63, 3.8) is 0 Å². The number of unbranched alkanes of at least 4 members (excludes halogenated alkanes) is 2. The Labute approximate surface area is 195 Å². The van der Waals surface area contributed by atoms with Gasteiger partial charge < -0.3 is 9.47 Å². The lowest BCUT2D eigenvalue weighted by Gasteiger charge is -2.23. The third-order valence-corrected chi connectivity index (χ3v) is 6.88. The summed E-state index contributed by atoms with van der Waals surface area (Å²) in [6, 6.07) is 13.4. The molecule has 1 amide bonds. The van der Waals surface area contributed by atoms with Crippen LogP contribution in [0.5, 0.6) is 5.75 Å². The number of rotatable bonds is 9. The molecule has 1 aromatic heterocycles. The Morgan fingerprint density at radius 2 is 2.10 bits per heavy atom. The Bertz CT molecular complexity index is 1020. The van der Waals surface area contributed by atoms with E-state index in [1.807, 2.05) is 42.5 Å². The molecule has 164 valence electrons. The van der Waals surface area contributed by atoms with Crippen LogP contribution in [0.25, 0.3) is 10.2 Å². The quantitative estimate of drug-likeness (QED) is 0.315. The van der Waals surface area contributed by atoms with Gasteiger partial charge in [-0.25, -0.2) is 4.98 Å². The molecule has 5 nitrogen and oxygen atoms in total. The van der Waals surface area contributed by atoms with Crippen LogP contribution in [-0.4, -0.2) is 36.8 Å². The first-order chi connectivity index (χ1) is 15.1. The van der Waals surface area contributed by atoms with E-state index in [-0.39, 0.29) is 12.0 Å². The smallest absolute Gasteiger partial charge is 0.260 e. The average molecular weight is 503 g/mol. The van der Waals surface area contributed by atoms with Gasteiger partial charge in [-0.3, -0.25) is 9.69 Å². The predicted molar refractivity (Wildman–Crippen MR) is 129 cm³/mol. The van der Waals surface area contributed by atoms with Crippen molar-refractivity contribution in [1.82, 2.24) is 4.98 Å². The molecule has 1 atom stereocenters. The molecular weight excluding hydrogens is 476 g/mol. The van der Waals surface area contributed by atoms with E-state index in [4.69, 9.17) is 14.5 Å². The van der Waals surface area contributed by atoms with Gasteiger partial charge in [-0.2, -0.15) is 0 Å². The standard InChI is InChI=1S/C24H27BrN2O3S/c1-2-3-4-13-29-19-10-7-17(8-11-19)23(28)27(16-20-6-5-14-30-20)24-26-21-12-9-18(25)15-22(21)31-24/h7-12,15,20H,2-6,13-14,16H2,1H3. The lowest BCUT2D eigenvalue weighted by Crippen LogP contribution is -2.37. The van der Waals surface area contributed by atoms with Crippen molar-refractivity contribution in [3.05, 3.63) is 52.5 Å². The van der Waals surface area contributed by atoms with E-state index >= 15 is 0 Å². The van der Waals surface area contributed by atoms with Gasteiger partial charge in [0.1, 0.15) is 5.75 Å². The van der Waals surface area contributed by atoms with E-state index in [2.05, 4.69) is 22.9 Å². The summed E-state index contributed by atoms with van der Waals surface area (Å²) in [4.78, 5) is 20.0. The number of anilines is 1. The number of amides is 1. The highest BCUT2D eigenvalue weighted by atomic mass is 79.9. The molecule has 7 heteroatoms. The van der Waals surface area contributed by atoms with E-state index in [0.717, 1.165) is 52.7 Å². The highest BCUT2D eigenvalue weighted by molar-refractivity contribution is 9.10. The van der Waals surface area contributed by atoms with Gasteiger partial charge in [0.2, 0.25) is 0 Å². The van der Waals surface area contributed by atoms with Crippen LogP contribution in [0.2, 0.25) is 0 Å². The Hall–Kier alpha value is -1.96. The fourth-order valence-corrected chi connectivity index (χ4v) is 5.16. The number of nitrogens with zero attached hydrogens (tertiary/aromatic N) is 2. The molecule has 1 aliphatic heterocycles. The highest BCUT2D eigenvalue weighted by Crippen LogP contribution is 2.32. The minimum atomic E-state index is -0.0637. The van der Waals surface area contributed by atoms with Crippen LogP contribution in [0.15, 0.2) is 46.9 Å². The van der Waals surface area contributed by atoms with Crippen LogP contribution in [0.1, 0.15) is 49.4 Å². The van der Waals surface area contributed by atoms with Crippen molar-refractivity contribution in [3.8, 4) is 5.75 Å². The molecule has 1 aliphatic rings. The second-order valence-corrected chi connectivity index (χ2v) is 9.66. The first-order valence-electron chi connectivity index (χ1n) is 10.9. The van der Waals surface area contributed by atoms with Gasteiger partial charge in [-0.1, -0.05) is 47.0 Å². The van der Waals surface area contributed by atoms with Gasteiger partial charge in [0.15, 0.2) is 5.13 Å². The number of fused-ring (bicyclic) bond motifs is 1. The molecule has 3 aromatic rings. The zero-order valence-electron chi connectivity index (χ0n) is 17.7. The van der Waals surface area contributed by atoms with Crippen LogP contribution >= 0.6 is 27.3 Å². The van der Waals surface area contributed by atoms with Crippen LogP contribution < -0.4 is 9.64 Å². The lowest BCUT2D eigenvalue weighted by atomic mass is 10.1. The Kier molecular flexibility index (Phi) is 7.58. The summed E-state index contributed by atoms with van der Waals surface area (Å²) in [7, 11) is 0. The molecule has 2 heterocycles. The van der Waals surface area contributed by atoms with Crippen LogP contribution in [0, 0.1) is 0 Å². The maximum Gasteiger partial charge on any atom is 0.260 e. The molecule has 4 rings (SSSR count). The van der Waals surface area contributed by atoms with E-state index in [1.54, 1.807) is 4.90 Å². The fraction of sp³-hybridized carbons (Fsp3) is 0.417. The van der Waals surface area contributed by atoms with Crippen molar-refractivity contribution in [1.29, 1.82) is 0 Å². The van der Waals surface area contributed by atoms with Crippen molar-refractivity contribution in [2.24, 2.45) is 0 Å². The lowest BCUT2D eigenvalue weighted by molar-refractivity contribution is 0.0917. The number of thiazole rings is 1. The number of hydrogen-bond donors (Lipinski definition) is 0. The molecule has 0 bridgehead atoms. The van der Waals surface area contributed by atoms with Crippen LogP contribution in [-0.2, 0) is 4.74 Å². The molecule has 31 heavy (non-hydrogen) atoms. The zero-order chi connectivity index (χ0) is 21.6. The first kappa shape index (κ1) is 22.2. The van der Waals surface area contributed by atoms with Crippen LogP contribution in [0.4, 0.5) is 5.13 Å². The number of ether oxygens (including phenoxy) is 2. The van der Waals surface area contributed by atoms with Gasteiger partial charge in [0.05, 0.1) is 29.5 Å². The van der Waals surface area contributed by atoms with Crippen molar-refractivity contribution < 1.29 is 14.3 Å². The van der Waals surface area contributed by atoms with Gasteiger partial charge in [-0.05, 0) is 61.7 Å². The topological polar surface area (TPSA) is 51.7 Å². The summed E-state index contributed by atoms with van der Waals surface area (Å²) in [6.07, 6.45) is 5.41. The van der Waals surface area contributed by atoms with Crippen LogP contribution in [0.3, 0.4) is 0 Å². The summed E-state index contributed by atoms with van der Waals surface area (Å²) in [5.74, 6) is 0.731. The minimum absolute atomic E-state index is 0.0453. The predicted octanol–water partition coefficient (Wildman–Crippen LogP) is 6.45. The Balaban J connectivity index is 1.54. The number of halogens is 1. The summed E-state index contributed by atoms with van der Waals surface area (Å²) in [5.41, 5.74) is 1.52. The number of carbonyl (C=O) groups excluding carboxylic acids is 1. The summed E-state index contributed by atoms with van der Waals surface area (Å²) < 4.78 is 13.7. The van der Waals surface area contributed by atoms with Crippen molar-refractivity contribution in [2.75, 3.05) is 24.7 Å². The Morgan fingerprint density at radius 1 is 1.26 bits per heavy atom. The van der Waals surface area contributed by atoms with E-state index < -0.39 is 0 Å². The molecule has 0 spiro atoms. The fourth-order valence-electron chi connectivity index (χ4n) is 3.63. The SMILES string of the molecule is CCCCCOc1ccc(C(=O)N(CC2CCCO2)c2nc3ccc(Br)cc3s2)cc1. The molecule has 1 fully saturated rings. The monoisotopic (exact) mass is 502 g/mol. The summed E-state index contributed by atoms with van der Waals surface area (Å²) in [5, 5.41) is 0.702. The van der Waals surface area contributed by atoms with E-state index in [9.17, 15) is 4.79 Å². The van der Waals surface area contributed by atoms with Gasteiger partial charge in [0.25, 0.3) is 5.91 Å². The largest absolute Gasteiger partial charge is 0.494 e.